The lowest BCUT2D eigenvalue weighted by molar-refractivity contribution is -0.148. The molecule has 5 nitrogen and oxygen atoms in total. The maximum atomic E-state index is 11.8. The molecule has 30 heavy (non-hydrogen) atoms. The lowest BCUT2D eigenvalue weighted by atomic mass is 9.63. The van der Waals surface area contributed by atoms with Gasteiger partial charge in [0.25, 0.3) is 0 Å². The molecule has 1 aliphatic carbocycles. The van der Waals surface area contributed by atoms with Crippen molar-refractivity contribution in [1.29, 1.82) is 0 Å². The van der Waals surface area contributed by atoms with Crippen LogP contribution in [0.5, 0.6) is 0 Å². The zero-order valence-electron chi connectivity index (χ0n) is 17.8. The zero-order chi connectivity index (χ0) is 20.7. The average Bonchev–Trinajstić information content (AvgIpc) is 3.08. The first-order chi connectivity index (χ1) is 14.5. The lowest BCUT2D eigenvalue weighted by Crippen LogP contribution is -2.57. The van der Waals surface area contributed by atoms with Crippen LogP contribution < -0.4 is 0 Å². The van der Waals surface area contributed by atoms with Crippen molar-refractivity contribution in [3.8, 4) is 5.69 Å². The smallest absolute Gasteiger partial charge is 0.0991 e. The van der Waals surface area contributed by atoms with Gasteiger partial charge in [-0.2, -0.15) is 5.10 Å². The topological polar surface area (TPSA) is 54.2 Å². The van der Waals surface area contributed by atoms with E-state index in [1.165, 1.54) is 12.0 Å². The molecule has 0 unspecified atom stereocenters. The molecule has 1 saturated carbocycles. The van der Waals surface area contributed by atoms with Crippen LogP contribution in [-0.2, 0) is 12.1 Å². The van der Waals surface area contributed by atoms with Crippen LogP contribution in [0.4, 0.5) is 0 Å². The third-order valence-corrected chi connectivity index (χ3v) is 7.00. The second-order valence-electron chi connectivity index (χ2n) is 9.09. The first-order valence-corrected chi connectivity index (χ1v) is 11.0. The van der Waals surface area contributed by atoms with E-state index in [4.69, 9.17) is 0 Å². The summed E-state index contributed by atoms with van der Waals surface area (Å²) in [4.78, 5) is 6.81. The molecule has 1 saturated heterocycles. The molecule has 2 atom stereocenters. The third kappa shape index (κ3) is 3.36. The number of pyridine rings is 1. The minimum Gasteiger partial charge on any atom is -0.384 e. The first-order valence-electron chi connectivity index (χ1n) is 11.0. The molecule has 0 spiro atoms. The molecule has 2 bridgehead atoms. The second-order valence-corrected chi connectivity index (χ2v) is 9.09. The molecule has 3 heterocycles. The van der Waals surface area contributed by atoms with E-state index in [0.29, 0.717) is 0 Å². The SMILES string of the molecule is Cc1cc(C)n(-c2cccc(CN3C[C@H]4CCC[C@H](C3)C4(O)c3cccnc3)c2)n1. The van der Waals surface area contributed by atoms with Crippen molar-refractivity contribution in [2.24, 2.45) is 11.8 Å². The molecule has 1 N–H and O–H groups in total. The van der Waals surface area contributed by atoms with Crippen molar-refractivity contribution in [1.82, 2.24) is 19.7 Å². The lowest BCUT2D eigenvalue weighted by Gasteiger charge is -2.53. The molecule has 0 amide bonds. The fraction of sp³-hybridized carbons (Fsp3) is 0.440. The van der Waals surface area contributed by atoms with Gasteiger partial charge < -0.3 is 5.11 Å². The van der Waals surface area contributed by atoms with Gasteiger partial charge >= 0.3 is 0 Å². The maximum Gasteiger partial charge on any atom is 0.0991 e. The second kappa shape index (κ2) is 7.64. The Labute approximate surface area is 178 Å². The van der Waals surface area contributed by atoms with Gasteiger partial charge in [-0.25, -0.2) is 4.68 Å². The van der Waals surface area contributed by atoms with E-state index in [-0.39, 0.29) is 11.8 Å². The minimum absolute atomic E-state index is 0.258. The number of nitrogens with zero attached hydrogens (tertiary/aromatic N) is 4. The van der Waals surface area contributed by atoms with Gasteiger partial charge in [0.1, 0.15) is 0 Å². The maximum absolute atomic E-state index is 11.8. The molecule has 2 aliphatic rings. The summed E-state index contributed by atoms with van der Waals surface area (Å²) in [5.41, 5.74) is 4.85. The number of piperidine rings is 1. The molecule has 1 aliphatic heterocycles. The monoisotopic (exact) mass is 402 g/mol. The van der Waals surface area contributed by atoms with Crippen molar-refractivity contribution in [2.45, 2.75) is 45.3 Å². The Balaban J connectivity index is 1.37. The van der Waals surface area contributed by atoms with Gasteiger partial charge in [-0.3, -0.25) is 9.88 Å². The molecular weight excluding hydrogens is 372 g/mol. The summed E-state index contributed by atoms with van der Waals surface area (Å²) < 4.78 is 2.02. The molecule has 5 heteroatoms. The molecular formula is C25H30N4O. The van der Waals surface area contributed by atoms with E-state index < -0.39 is 5.60 Å². The summed E-state index contributed by atoms with van der Waals surface area (Å²) in [6.45, 7) is 6.88. The first kappa shape index (κ1) is 19.5. The quantitative estimate of drug-likeness (QED) is 0.717. The highest BCUT2D eigenvalue weighted by molar-refractivity contribution is 5.37. The van der Waals surface area contributed by atoms with Gasteiger partial charge in [-0.1, -0.05) is 24.6 Å². The Morgan fingerprint density at radius 1 is 1.07 bits per heavy atom. The standard InChI is InChI=1S/C25H30N4O/c1-18-12-19(2)29(27-18)24-10-3-6-20(13-24)15-28-16-22-7-4-8-23(17-28)25(22,30)21-9-5-11-26-14-21/h3,5-6,9-14,22-23,30H,4,7-8,15-17H2,1-2H3/t22-,23-/m1/s1. The number of aliphatic hydroxyl groups is 1. The molecule has 156 valence electrons. The van der Waals surface area contributed by atoms with Crippen molar-refractivity contribution < 1.29 is 5.11 Å². The Bertz CT molecular complexity index is 1010. The average molecular weight is 403 g/mol. The van der Waals surface area contributed by atoms with Gasteiger partial charge in [0, 0.05) is 55.1 Å². The zero-order valence-corrected chi connectivity index (χ0v) is 17.8. The number of fused-ring (bicyclic) bond motifs is 2. The Morgan fingerprint density at radius 3 is 2.53 bits per heavy atom. The Kier molecular flexibility index (Phi) is 4.95. The predicted molar refractivity (Wildman–Crippen MR) is 117 cm³/mol. The van der Waals surface area contributed by atoms with Crippen molar-refractivity contribution in [2.75, 3.05) is 13.1 Å². The summed E-state index contributed by atoms with van der Waals surface area (Å²) in [6.07, 6.45) is 7.00. The molecule has 3 aromatic rings. The van der Waals surface area contributed by atoms with Crippen LogP contribution in [0.15, 0.2) is 54.9 Å². The predicted octanol–water partition coefficient (Wildman–Crippen LogP) is 4.00. The van der Waals surface area contributed by atoms with E-state index in [1.54, 1.807) is 6.20 Å². The summed E-state index contributed by atoms with van der Waals surface area (Å²) in [7, 11) is 0. The van der Waals surface area contributed by atoms with Gasteiger partial charge in [-0.15, -0.1) is 0 Å². The summed E-state index contributed by atoms with van der Waals surface area (Å²) in [5, 5.41) is 16.4. The van der Waals surface area contributed by atoms with Crippen LogP contribution in [0.1, 0.15) is 41.8 Å². The summed E-state index contributed by atoms with van der Waals surface area (Å²) >= 11 is 0. The van der Waals surface area contributed by atoms with E-state index in [9.17, 15) is 5.11 Å². The number of hydrogen-bond acceptors (Lipinski definition) is 4. The number of likely N-dealkylation sites (tertiary alicyclic amines) is 1. The van der Waals surface area contributed by atoms with Gasteiger partial charge in [0.2, 0.25) is 0 Å². The van der Waals surface area contributed by atoms with Gasteiger partial charge in [0.05, 0.1) is 17.0 Å². The fourth-order valence-corrected chi connectivity index (χ4v) is 5.68. The number of aromatic nitrogens is 3. The van der Waals surface area contributed by atoms with Crippen LogP contribution in [0.3, 0.4) is 0 Å². The normalized spacial score (nSPS) is 26.6. The highest BCUT2D eigenvalue weighted by Crippen LogP contribution is 2.49. The van der Waals surface area contributed by atoms with Gasteiger partial charge in [-0.05, 0) is 56.5 Å². The van der Waals surface area contributed by atoms with Crippen LogP contribution in [0.2, 0.25) is 0 Å². The highest BCUT2D eigenvalue weighted by atomic mass is 16.3. The summed E-state index contributed by atoms with van der Waals surface area (Å²) in [5.74, 6) is 0.516. The Hall–Kier alpha value is -2.50. The van der Waals surface area contributed by atoms with E-state index in [2.05, 4.69) is 52.2 Å². The molecule has 1 aromatic carbocycles. The highest BCUT2D eigenvalue weighted by Gasteiger charge is 2.51. The van der Waals surface area contributed by atoms with E-state index >= 15 is 0 Å². The largest absolute Gasteiger partial charge is 0.384 e. The number of benzene rings is 1. The van der Waals surface area contributed by atoms with Crippen LogP contribution in [0, 0.1) is 25.7 Å². The van der Waals surface area contributed by atoms with Crippen molar-refractivity contribution >= 4 is 0 Å². The summed E-state index contributed by atoms with van der Waals surface area (Å²) in [6, 6.07) is 14.8. The van der Waals surface area contributed by atoms with Gasteiger partial charge in [0.15, 0.2) is 0 Å². The van der Waals surface area contributed by atoms with Crippen LogP contribution >= 0.6 is 0 Å². The molecule has 5 rings (SSSR count). The molecule has 2 fully saturated rings. The molecule has 0 radical (unpaired) electrons. The molecule has 2 aromatic heterocycles. The van der Waals surface area contributed by atoms with E-state index in [0.717, 1.165) is 55.1 Å². The Morgan fingerprint density at radius 2 is 1.87 bits per heavy atom. The minimum atomic E-state index is -0.742. The van der Waals surface area contributed by atoms with Crippen molar-refractivity contribution in [3.63, 3.8) is 0 Å². The fourth-order valence-electron chi connectivity index (χ4n) is 5.68. The number of rotatable bonds is 4. The van der Waals surface area contributed by atoms with E-state index in [1.807, 2.05) is 29.9 Å². The number of hydrogen-bond donors (Lipinski definition) is 1. The number of aryl methyl sites for hydroxylation is 2. The van der Waals surface area contributed by atoms with Crippen molar-refractivity contribution in [3.05, 3.63) is 77.4 Å². The van der Waals surface area contributed by atoms with Crippen LogP contribution in [-0.4, -0.2) is 37.9 Å². The van der Waals surface area contributed by atoms with Crippen LogP contribution in [0.25, 0.3) is 5.69 Å². The third-order valence-electron chi connectivity index (χ3n) is 7.00.